The van der Waals surface area contributed by atoms with Gasteiger partial charge in [0.15, 0.2) is 0 Å². The van der Waals surface area contributed by atoms with E-state index in [0.29, 0.717) is 3.97 Å². The fourth-order valence-corrected chi connectivity index (χ4v) is 3.94. The Balaban J connectivity index is 2.27. The van der Waals surface area contributed by atoms with Crippen LogP contribution in [0.15, 0.2) is 47.5 Å². The first-order valence-electron chi connectivity index (χ1n) is 6.99. The molecule has 12 heteroatoms. The van der Waals surface area contributed by atoms with Gasteiger partial charge in [0.2, 0.25) is 0 Å². The molecule has 0 fully saturated rings. The molecule has 3 aromatic rings. The summed E-state index contributed by atoms with van der Waals surface area (Å²) in [7, 11) is -4.77. The first kappa shape index (κ1) is 19.5. The van der Waals surface area contributed by atoms with E-state index in [2.05, 4.69) is 4.98 Å². The van der Waals surface area contributed by atoms with Crippen molar-refractivity contribution in [1.29, 1.82) is 0 Å². The maximum absolute atomic E-state index is 13.0. The molecule has 0 aliphatic rings. The van der Waals surface area contributed by atoms with Gasteiger partial charge in [0.25, 0.3) is 10.0 Å². The molecule has 2 heterocycles. The Morgan fingerprint density at radius 3 is 1.96 bits per heavy atom. The zero-order valence-electron chi connectivity index (χ0n) is 12.8. The second-order valence-corrected chi connectivity index (χ2v) is 7.60. The largest absolute Gasteiger partial charge is 0.416 e. The zero-order valence-corrected chi connectivity index (χ0v) is 14.4. The van der Waals surface area contributed by atoms with Crippen LogP contribution in [0.4, 0.5) is 26.3 Å². The first-order chi connectivity index (χ1) is 12.3. The minimum absolute atomic E-state index is 0.0380. The summed E-state index contributed by atoms with van der Waals surface area (Å²) in [6, 6.07) is 3.86. The molecule has 0 radical (unpaired) electrons. The van der Waals surface area contributed by atoms with Crippen LogP contribution in [0.1, 0.15) is 11.1 Å². The molecule has 0 aliphatic carbocycles. The van der Waals surface area contributed by atoms with Crippen LogP contribution in [-0.2, 0) is 22.4 Å². The van der Waals surface area contributed by atoms with Crippen LogP contribution in [0, 0.1) is 0 Å². The second kappa shape index (κ2) is 6.13. The van der Waals surface area contributed by atoms with Gasteiger partial charge in [0, 0.05) is 6.20 Å². The minimum atomic E-state index is -5.17. The number of aromatic nitrogens is 2. The van der Waals surface area contributed by atoms with E-state index < -0.39 is 38.4 Å². The van der Waals surface area contributed by atoms with Crippen molar-refractivity contribution in [3.63, 3.8) is 0 Å². The summed E-state index contributed by atoms with van der Waals surface area (Å²) in [6.07, 6.45) is -9.37. The van der Waals surface area contributed by atoms with E-state index in [9.17, 15) is 34.8 Å². The number of pyridine rings is 1. The maximum Gasteiger partial charge on any atom is 0.416 e. The van der Waals surface area contributed by atoms with Crippen LogP contribution in [0.25, 0.3) is 11.0 Å². The summed E-state index contributed by atoms with van der Waals surface area (Å²) < 4.78 is 104. The number of hydrogen-bond donors (Lipinski definition) is 0. The van der Waals surface area contributed by atoms with Crippen molar-refractivity contribution in [2.45, 2.75) is 17.2 Å². The summed E-state index contributed by atoms with van der Waals surface area (Å²) in [6.45, 7) is 0. The molecule has 0 N–H and O–H groups in total. The van der Waals surface area contributed by atoms with Crippen molar-refractivity contribution < 1.29 is 34.8 Å². The highest BCUT2D eigenvalue weighted by Gasteiger charge is 2.38. The average molecular weight is 429 g/mol. The molecule has 0 amide bonds. The summed E-state index contributed by atoms with van der Waals surface area (Å²) in [5, 5.41) is 0.0380. The normalized spacial score (nSPS) is 13.3. The standard InChI is InChI=1S/C15H7ClF6N2O2S/c16-13-2-1-12-11(23-13)3-4-24(12)27(25,26)10-6-8(14(17,18)19)5-9(7-10)15(20,21)22/h1-7H. The van der Waals surface area contributed by atoms with Crippen molar-refractivity contribution in [2.75, 3.05) is 0 Å². The number of fused-ring (bicyclic) bond motifs is 1. The summed E-state index contributed by atoms with van der Waals surface area (Å²) in [5.41, 5.74) is -3.40. The van der Waals surface area contributed by atoms with Gasteiger partial charge in [0.05, 0.1) is 27.1 Å². The second-order valence-electron chi connectivity index (χ2n) is 5.40. The number of alkyl halides is 6. The molecule has 0 bridgehead atoms. The Hall–Kier alpha value is -2.27. The van der Waals surface area contributed by atoms with E-state index in [4.69, 9.17) is 11.6 Å². The Labute approximate surface area is 153 Å². The van der Waals surface area contributed by atoms with Crippen LogP contribution in [-0.4, -0.2) is 17.4 Å². The van der Waals surface area contributed by atoms with E-state index in [1.54, 1.807) is 0 Å². The number of benzene rings is 1. The summed E-state index contributed by atoms with van der Waals surface area (Å²) >= 11 is 5.68. The van der Waals surface area contributed by atoms with Gasteiger partial charge in [0.1, 0.15) is 5.15 Å². The van der Waals surface area contributed by atoms with Gasteiger partial charge < -0.3 is 0 Å². The summed E-state index contributed by atoms with van der Waals surface area (Å²) in [5.74, 6) is 0. The Morgan fingerprint density at radius 2 is 1.44 bits per heavy atom. The number of nitrogens with zero attached hydrogens (tertiary/aromatic N) is 2. The molecule has 0 saturated heterocycles. The Morgan fingerprint density at radius 1 is 0.889 bits per heavy atom. The van der Waals surface area contributed by atoms with E-state index in [1.807, 2.05) is 0 Å². The number of hydrogen-bond acceptors (Lipinski definition) is 3. The molecule has 0 atom stereocenters. The zero-order chi connectivity index (χ0) is 20.2. The average Bonchev–Trinajstić information content (AvgIpc) is 2.96. The van der Waals surface area contributed by atoms with Crippen LogP contribution in [0.2, 0.25) is 5.15 Å². The fraction of sp³-hybridized carbons (Fsp3) is 0.133. The SMILES string of the molecule is O=S(=O)(c1cc(C(F)(F)F)cc(C(F)(F)F)c1)n1ccc2nc(Cl)ccc21. The van der Waals surface area contributed by atoms with Crippen LogP contribution >= 0.6 is 11.6 Å². The highest BCUT2D eigenvalue weighted by Crippen LogP contribution is 2.38. The van der Waals surface area contributed by atoms with Crippen LogP contribution < -0.4 is 0 Å². The predicted molar refractivity (Wildman–Crippen MR) is 83.8 cm³/mol. The molecular formula is C15H7ClF6N2O2S. The Kier molecular flexibility index (Phi) is 4.42. The maximum atomic E-state index is 13.0. The molecule has 1 aromatic carbocycles. The molecule has 0 spiro atoms. The molecular weight excluding hydrogens is 422 g/mol. The monoisotopic (exact) mass is 428 g/mol. The van der Waals surface area contributed by atoms with Gasteiger partial charge in [-0.1, -0.05) is 11.6 Å². The van der Waals surface area contributed by atoms with E-state index in [-0.39, 0.29) is 34.4 Å². The first-order valence-corrected chi connectivity index (χ1v) is 8.80. The number of rotatable bonds is 2. The van der Waals surface area contributed by atoms with Crippen LogP contribution in [0.3, 0.4) is 0 Å². The lowest BCUT2D eigenvalue weighted by Crippen LogP contribution is -2.17. The molecule has 0 aliphatic heterocycles. The molecule has 4 nitrogen and oxygen atoms in total. The lowest BCUT2D eigenvalue weighted by molar-refractivity contribution is -0.143. The third-order valence-corrected chi connectivity index (χ3v) is 5.47. The molecule has 0 unspecified atom stereocenters. The highest BCUT2D eigenvalue weighted by atomic mass is 35.5. The third kappa shape index (κ3) is 3.61. The van der Waals surface area contributed by atoms with Crippen molar-refractivity contribution in [2.24, 2.45) is 0 Å². The molecule has 0 saturated carbocycles. The van der Waals surface area contributed by atoms with Crippen molar-refractivity contribution in [3.05, 3.63) is 58.9 Å². The number of halogens is 7. The van der Waals surface area contributed by atoms with Crippen LogP contribution in [0.5, 0.6) is 0 Å². The van der Waals surface area contributed by atoms with E-state index in [1.165, 1.54) is 18.2 Å². The smallest absolute Gasteiger partial charge is 0.240 e. The molecule has 144 valence electrons. The Bertz CT molecular complexity index is 1100. The fourth-order valence-electron chi connectivity index (χ4n) is 2.37. The van der Waals surface area contributed by atoms with Gasteiger partial charge in [-0.2, -0.15) is 26.3 Å². The van der Waals surface area contributed by atoms with Crippen molar-refractivity contribution >= 4 is 32.7 Å². The summed E-state index contributed by atoms with van der Waals surface area (Å²) in [4.78, 5) is 2.68. The quantitative estimate of drug-likeness (QED) is 0.428. The molecule has 3 rings (SSSR count). The minimum Gasteiger partial charge on any atom is -0.240 e. The van der Waals surface area contributed by atoms with Gasteiger partial charge in [-0.05, 0) is 36.4 Å². The van der Waals surface area contributed by atoms with Gasteiger partial charge in [-0.25, -0.2) is 17.4 Å². The molecule has 27 heavy (non-hydrogen) atoms. The highest BCUT2D eigenvalue weighted by molar-refractivity contribution is 7.90. The van der Waals surface area contributed by atoms with Crippen molar-refractivity contribution in [1.82, 2.24) is 8.96 Å². The lowest BCUT2D eigenvalue weighted by Gasteiger charge is -2.15. The predicted octanol–water partition coefficient (Wildman–Crippen LogP) is 4.96. The van der Waals surface area contributed by atoms with Crippen molar-refractivity contribution in [3.8, 4) is 0 Å². The lowest BCUT2D eigenvalue weighted by atomic mass is 10.1. The van der Waals surface area contributed by atoms with E-state index >= 15 is 0 Å². The third-order valence-electron chi connectivity index (χ3n) is 3.59. The van der Waals surface area contributed by atoms with Gasteiger partial charge in [-0.3, -0.25) is 0 Å². The van der Waals surface area contributed by atoms with Gasteiger partial charge >= 0.3 is 12.4 Å². The van der Waals surface area contributed by atoms with E-state index in [0.717, 1.165) is 6.20 Å². The van der Waals surface area contributed by atoms with Gasteiger partial charge in [-0.15, -0.1) is 0 Å². The molecule has 2 aromatic heterocycles. The topological polar surface area (TPSA) is 52.0 Å².